The first-order chi connectivity index (χ1) is 11.2. The average Bonchev–Trinajstić information content (AvgIpc) is 2.88. The summed E-state index contributed by atoms with van der Waals surface area (Å²) in [5.41, 5.74) is 1.46. The van der Waals surface area contributed by atoms with E-state index in [1.165, 1.54) is 0 Å². The molecule has 3 rings (SSSR count). The molecule has 24 heavy (non-hydrogen) atoms. The largest absolute Gasteiger partial charge is 0.444 e. The molecular formula is C19H25FN2O2. The van der Waals surface area contributed by atoms with Crippen molar-refractivity contribution < 1.29 is 13.9 Å². The van der Waals surface area contributed by atoms with Crippen LogP contribution in [0.4, 0.5) is 9.18 Å². The Labute approximate surface area is 142 Å². The molecular weight excluding hydrogens is 307 g/mol. The number of benzene rings is 1. The van der Waals surface area contributed by atoms with Crippen molar-refractivity contribution in [1.29, 1.82) is 0 Å². The molecule has 5 heteroatoms. The monoisotopic (exact) mass is 332 g/mol. The molecule has 1 aromatic carbocycles. The lowest BCUT2D eigenvalue weighted by atomic mass is 9.89. The van der Waals surface area contributed by atoms with Gasteiger partial charge in [0.1, 0.15) is 11.4 Å². The number of amides is 1. The topological polar surface area (TPSA) is 34.5 Å². The van der Waals surface area contributed by atoms with Gasteiger partial charge < -0.3 is 14.2 Å². The summed E-state index contributed by atoms with van der Waals surface area (Å²) >= 11 is 0. The third-order valence-corrected chi connectivity index (χ3v) is 4.59. The minimum atomic E-state index is -0.478. The second-order valence-electron chi connectivity index (χ2n) is 7.60. The predicted octanol–water partition coefficient (Wildman–Crippen LogP) is 4.43. The number of nitrogens with zero attached hydrogens (tertiary/aromatic N) is 2. The fourth-order valence-electron chi connectivity index (χ4n) is 3.30. The van der Waals surface area contributed by atoms with Crippen molar-refractivity contribution in [1.82, 2.24) is 9.47 Å². The van der Waals surface area contributed by atoms with Crippen molar-refractivity contribution in [2.75, 3.05) is 13.1 Å². The second kappa shape index (κ2) is 6.11. The number of aromatic nitrogens is 1. The second-order valence-corrected chi connectivity index (χ2v) is 7.60. The highest BCUT2D eigenvalue weighted by Crippen LogP contribution is 2.32. The predicted molar refractivity (Wildman–Crippen MR) is 92.7 cm³/mol. The van der Waals surface area contributed by atoms with Crippen molar-refractivity contribution in [3.63, 3.8) is 0 Å². The van der Waals surface area contributed by atoms with E-state index in [-0.39, 0.29) is 17.8 Å². The molecule has 1 saturated heterocycles. The molecule has 1 aliphatic heterocycles. The van der Waals surface area contributed by atoms with Crippen molar-refractivity contribution in [3.8, 4) is 0 Å². The van der Waals surface area contributed by atoms with E-state index in [1.54, 1.807) is 17.0 Å². The average molecular weight is 332 g/mol. The first kappa shape index (κ1) is 16.8. The van der Waals surface area contributed by atoms with Crippen LogP contribution in [-0.4, -0.2) is 34.3 Å². The quantitative estimate of drug-likeness (QED) is 0.774. The van der Waals surface area contributed by atoms with Gasteiger partial charge in [-0.3, -0.25) is 0 Å². The van der Waals surface area contributed by atoms with Gasteiger partial charge in [0.2, 0.25) is 0 Å². The van der Waals surface area contributed by atoms with Gasteiger partial charge in [-0.05, 0) is 63.3 Å². The Kier molecular flexibility index (Phi) is 4.28. The zero-order valence-corrected chi connectivity index (χ0v) is 14.8. The fraction of sp³-hybridized carbons (Fsp3) is 0.526. The summed E-state index contributed by atoms with van der Waals surface area (Å²) in [6, 6.07) is 5.53. The molecule has 2 aromatic rings. The van der Waals surface area contributed by atoms with Gasteiger partial charge in [0.15, 0.2) is 0 Å². The van der Waals surface area contributed by atoms with E-state index in [1.807, 2.05) is 38.6 Å². The summed E-state index contributed by atoms with van der Waals surface area (Å²) in [5.74, 6) is 0.107. The molecule has 0 unspecified atom stereocenters. The SMILES string of the molecule is Cn1ccc2c(F)cc(C3CCN(C(=O)OC(C)(C)C)CC3)cc21. The van der Waals surface area contributed by atoms with E-state index < -0.39 is 5.60 Å². The zero-order valence-electron chi connectivity index (χ0n) is 14.8. The molecule has 0 N–H and O–H groups in total. The first-order valence-corrected chi connectivity index (χ1v) is 8.47. The van der Waals surface area contributed by atoms with E-state index in [0.29, 0.717) is 18.5 Å². The number of hydrogen-bond acceptors (Lipinski definition) is 2. The van der Waals surface area contributed by atoms with Crippen LogP contribution in [0.15, 0.2) is 24.4 Å². The minimum Gasteiger partial charge on any atom is -0.444 e. The Morgan fingerprint density at radius 1 is 1.25 bits per heavy atom. The van der Waals surface area contributed by atoms with E-state index in [0.717, 1.165) is 23.9 Å². The van der Waals surface area contributed by atoms with Crippen molar-refractivity contribution >= 4 is 17.0 Å². The highest BCUT2D eigenvalue weighted by Gasteiger charge is 2.28. The molecule has 1 aliphatic rings. The number of rotatable bonds is 1. The van der Waals surface area contributed by atoms with E-state index in [9.17, 15) is 9.18 Å². The van der Waals surface area contributed by atoms with Crippen LogP contribution in [-0.2, 0) is 11.8 Å². The van der Waals surface area contributed by atoms with Gasteiger partial charge in [0.05, 0.1) is 5.52 Å². The highest BCUT2D eigenvalue weighted by atomic mass is 19.1. The molecule has 1 amide bonds. The fourth-order valence-corrected chi connectivity index (χ4v) is 3.30. The number of carbonyl (C=O) groups excluding carboxylic acids is 1. The molecule has 0 radical (unpaired) electrons. The summed E-state index contributed by atoms with van der Waals surface area (Å²) in [4.78, 5) is 13.9. The van der Waals surface area contributed by atoms with Crippen LogP contribution in [0.5, 0.6) is 0 Å². The summed E-state index contributed by atoms with van der Waals surface area (Å²) < 4.78 is 21.7. The van der Waals surface area contributed by atoms with Gasteiger partial charge in [-0.15, -0.1) is 0 Å². The van der Waals surface area contributed by atoms with E-state index in [2.05, 4.69) is 6.07 Å². The van der Waals surface area contributed by atoms with Crippen LogP contribution >= 0.6 is 0 Å². The maximum Gasteiger partial charge on any atom is 0.410 e. The van der Waals surface area contributed by atoms with Crippen LogP contribution in [0.3, 0.4) is 0 Å². The van der Waals surface area contributed by atoms with Gasteiger partial charge in [0.25, 0.3) is 0 Å². The third-order valence-electron chi connectivity index (χ3n) is 4.59. The van der Waals surface area contributed by atoms with Crippen LogP contribution in [0.25, 0.3) is 10.9 Å². The summed E-state index contributed by atoms with van der Waals surface area (Å²) in [6.45, 7) is 6.90. The van der Waals surface area contributed by atoms with Gasteiger partial charge in [-0.1, -0.05) is 0 Å². The standard InChI is InChI=1S/C19H25FN2O2/c1-19(2,3)24-18(23)22-9-5-13(6-10-22)14-11-16(20)15-7-8-21(4)17(15)12-14/h7-8,11-13H,5-6,9-10H2,1-4H3. The third kappa shape index (κ3) is 3.40. The van der Waals surface area contributed by atoms with E-state index >= 15 is 0 Å². The minimum absolute atomic E-state index is 0.169. The molecule has 1 aromatic heterocycles. The Bertz CT molecular complexity index is 753. The lowest BCUT2D eigenvalue weighted by Crippen LogP contribution is -2.41. The normalized spacial score (nSPS) is 16.6. The summed E-state index contributed by atoms with van der Waals surface area (Å²) in [6.07, 6.45) is 3.27. The number of aryl methyl sites for hydroxylation is 1. The Balaban J connectivity index is 1.71. The van der Waals surface area contributed by atoms with Gasteiger partial charge in [-0.25, -0.2) is 9.18 Å². The van der Waals surface area contributed by atoms with Gasteiger partial charge >= 0.3 is 6.09 Å². The summed E-state index contributed by atoms with van der Waals surface area (Å²) in [5, 5.41) is 0.660. The van der Waals surface area contributed by atoms with Crippen LogP contribution in [0.1, 0.15) is 45.1 Å². The number of fused-ring (bicyclic) bond motifs is 1. The molecule has 2 heterocycles. The Morgan fingerprint density at radius 2 is 1.92 bits per heavy atom. The number of hydrogen-bond donors (Lipinski definition) is 0. The smallest absolute Gasteiger partial charge is 0.410 e. The molecule has 0 aliphatic carbocycles. The molecule has 130 valence electrons. The number of carbonyl (C=O) groups is 1. The van der Waals surface area contributed by atoms with Gasteiger partial charge in [-0.2, -0.15) is 0 Å². The Morgan fingerprint density at radius 3 is 2.54 bits per heavy atom. The van der Waals surface area contributed by atoms with Crippen molar-refractivity contribution in [3.05, 3.63) is 35.8 Å². The van der Waals surface area contributed by atoms with Gasteiger partial charge in [0, 0.05) is 31.7 Å². The van der Waals surface area contributed by atoms with Crippen molar-refractivity contribution in [2.24, 2.45) is 7.05 Å². The maximum absolute atomic E-state index is 14.3. The first-order valence-electron chi connectivity index (χ1n) is 8.47. The zero-order chi connectivity index (χ0) is 17.5. The number of piperidine rings is 1. The van der Waals surface area contributed by atoms with Crippen molar-refractivity contribution in [2.45, 2.75) is 45.1 Å². The molecule has 0 spiro atoms. The Hall–Kier alpha value is -2.04. The number of likely N-dealkylation sites (tertiary alicyclic amines) is 1. The lowest BCUT2D eigenvalue weighted by molar-refractivity contribution is 0.0205. The van der Waals surface area contributed by atoms with Crippen LogP contribution < -0.4 is 0 Å². The van der Waals surface area contributed by atoms with Crippen LogP contribution in [0.2, 0.25) is 0 Å². The molecule has 1 fully saturated rings. The lowest BCUT2D eigenvalue weighted by Gasteiger charge is -2.33. The molecule has 0 saturated carbocycles. The number of halogens is 1. The molecule has 0 atom stereocenters. The van der Waals surface area contributed by atoms with Crippen LogP contribution in [0, 0.1) is 5.82 Å². The maximum atomic E-state index is 14.3. The van der Waals surface area contributed by atoms with E-state index in [4.69, 9.17) is 4.74 Å². The number of ether oxygens (including phenoxy) is 1. The summed E-state index contributed by atoms with van der Waals surface area (Å²) in [7, 11) is 1.93. The molecule has 4 nitrogen and oxygen atoms in total. The highest BCUT2D eigenvalue weighted by molar-refractivity contribution is 5.81. The molecule has 0 bridgehead atoms.